The van der Waals surface area contributed by atoms with Gasteiger partial charge in [-0.3, -0.25) is 0 Å². The summed E-state index contributed by atoms with van der Waals surface area (Å²) >= 11 is 0. The fourth-order valence-corrected chi connectivity index (χ4v) is 0.680. The van der Waals surface area contributed by atoms with Gasteiger partial charge in [0.2, 0.25) is 5.76 Å². The van der Waals surface area contributed by atoms with Crippen LogP contribution >= 0.6 is 0 Å². The zero-order chi connectivity index (χ0) is 7.56. The van der Waals surface area contributed by atoms with Crippen molar-refractivity contribution < 1.29 is 4.42 Å². The zero-order valence-electron chi connectivity index (χ0n) is 5.38. The van der Waals surface area contributed by atoms with Crippen LogP contribution in [0, 0.1) is 29.6 Å². The van der Waals surface area contributed by atoms with Crippen LogP contribution in [-0.4, -0.2) is 0 Å². The van der Waals surface area contributed by atoms with Crippen LogP contribution in [-0.2, 0) is 0 Å². The highest BCUT2D eigenvalue weighted by Crippen LogP contribution is 2.11. The van der Waals surface area contributed by atoms with E-state index in [1.807, 2.05) is 6.07 Å². The van der Waals surface area contributed by atoms with Crippen LogP contribution in [0.1, 0.15) is 17.1 Å². The Morgan fingerprint density at radius 2 is 2.10 bits per heavy atom. The maximum absolute atomic E-state index is 8.40. The molecule has 0 bridgehead atoms. The van der Waals surface area contributed by atoms with E-state index >= 15 is 0 Å². The van der Waals surface area contributed by atoms with Crippen LogP contribution < -0.4 is 0 Å². The fourth-order valence-electron chi connectivity index (χ4n) is 0.680. The van der Waals surface area contributed by atoms with E-state index < -0.39 is 0 Å². The molecule has 1 heterocycles. The van der Waals surface area contributed by atoms with Crippen LogP contribution in [0.25, 0.3) is 0 Å². The third kappa shape index (κ3) is 0.852. The molecule has 0 radical (unpaired) electrons. The van der Waals surface area contributed by atoms with E-state index in [0.717, 1.165) is 0 Å². The summed E-state index contributed by atoms with van der Waals surface area (Å²) in [6.45, 7) is 1.70. The molecule has 0 atom stereocenters. The second-order valence-corrected chi connectivity index (χ2v) is 1.82. The first-order chi connectivity index (χ1) is 4.77. The molecule has 0 aliphatic heterocycles. The molecule has 0 unspecified atom stereocenters. The lowest BCUT2D eigenvalue weighted by Crippen LogP contribution is -1.70. The largest absolute Gasteiger partial charge is 0.449 e. The lowest BCUT2D eigenvalue weighted by Gasteiger charge is -1.75. The number of nitrogens with zero attached hydrogens (tertiary/aromatic N) is 2. The number of hydrogen-bond acceptors (Lipinski definition) is 3. The molecule has 3 nitrogen and oxygen atoms in total. The van der Waals surface area contributed by atoms with E-state index in [9.17, 15) is 0 Å². The number of rotatable bonds is 0. The smallest absolute Gasteiger partial charge is 0.221 e. The second-order valence-electron chi connectivity index (χ2n) is 1.82. The van der Waals surface area contributed by atoms with E-state index in [4.69, 9.17) is 14.9 Å². The monoisotopic (exact) mass is 132 g/mol. The highest BCUT2D eigenvalue weighted by atomic mass is 16.3. The summed E-state index contributed by atoms with van der Waals surface area (Å²) in [5.41, 5.74) is 0.306. The molecule has 0 fully saturated rings. The third-order valence-corrected chi connectivity index (χ3v) is 1.08. The predicted octanol–water partition coefficient (Wildman–Crippen LogP) is 1.33. The van der Waals surface area contributed by atoms with Gasteiger partial charge in [0.15, 0.2) is 0 Å². The van der Waals surface area contributed by atoms with Gasteiger partial charge in [0, 0.05) is 0 Å². The standard InChI is InChI=1S/C7H4N2O/c1-5-2-6(3-8)7(4-9)10-5/h2H,1H3. The lowest BCUT2D eigenvalue weighted by molar-refractivity contribution is 0.520. The summed E-state index contributed by atoms with van der Waals surface area (Å²) in [7, 11) is 0. The lowest BCUT2D eigenvalue weighted by atomic mass is 10.3. The van der Waals surface area contributed by atoms with E-state index in [1.165, 1.54) is 0 Å². The molecular weight excluding hydrogens is 128 g/mol. The summed E-state index contributed by atoms with van der Waals surface area (Å²) in [6, 6.07) is 5.17. The maximum Gasteiger partial charge on any atom is 0.221 e. The molecule has 1 aromatic heterocycles. The topological polar surface area (TPSA) is 60.7 Å². The van der Waals surface area contributed by atoms with Crippen molar-refractivity contribution in [3.05, 3.63) is 23.2 Å². The number of aryl methyl sites for hydroxylation is 1. The van der Waals surface area contributed by atoms with Gasteiger partial charge in [-0.25, -0.2) is 0 Å². The quantitative estimate of drug-likeness (QED) is 0.535. The Bertz CT molecular complexity index is 293. The fraction of sp³-hybridized carbons (Fsp3) is 0.143. The molecule has 0 spiro atoms. The molecule has 48 valence electrons. The molecule has 3 heteroatoms. The highest BCUT2D eigenvalue weighted by Gasteiger charge is 2.05. The normalized spacial score (nSPS) is 8.30. The number of nitriles is 2. The first-order valence-corrected chi connectivity index (χ1v) is 2.68. The Morgan fingerprint density at radius 1 is 1.40 bits per heavy atom. The van der Waals surface area contributed by atoms with Gasteiger partial charge < -0.3 is 4.42 Å². The zero-order valence-corrected chi connectivity index (χ0v) is 5.38. The molecule has 0 aliphatic rings. The van der Waals surface area contributed by atoms with Crippen LogP contribution in [0.4, 0.5) is 0 Å². The molecule has 1 aromatic rings. The molecule has 1 rings (SSSR count). The van der Waals surface area contributed by atoms with Crippen molar-refractivity contribution in [2.24, 2.45) is 0 Å². The summed E-state index contributed by atoms with van der Waals surface area (Å²) in [5, 5.41) is 16.8. The van der Waals surface area contributed by atoms with Gasteiger partial charge >= 0.3 is 0 Å². The van der Waals surface area contributed by atoms with Crippen molar-refractivity contribution in [3.63, 3.8) is 0 Å². The molecule has 0 aromatic carbocycles. The Balaban J connectivity index is 3.28. The van der Waals surface area contributed by atoms with E-state index in [0.29, 0.717) is 11.3 Å². The average molecular weight is 132 g/mol. The summed E-state index contributed by atoms with van der Waals surface area (Å²) in [6.07, 6.45) is 0. The highest BCUT2D eigenvalue weighted by molar-refractivity contribution is 5.40. The first-order valence-electron chi connectivity index (χ1n) is 2.68. The molecule has 0 amide bonds. The van der Waals surface area contributed by atoms with Gasteiger partial charge in [-0.1, -0.05) is 0 Å². The summed E-state index contributed by atoms with van der Waals surface area (Å²) < 4.78 is 4.87. The molecular formula is C7H4N2O. The van der Waals surface area contributed by atoms with Crippen molar-refractivity contribution in [1.82, 2.24) is 0 Å². The average Bonchev–Trinajstić information content (AvgIpc) is 2.30. The van der Waals surface area contributed by atoms with Crippen molar-refractivity contribution in [3.8, 4) is 12.1 Å². The van der Waals surface area contributed by atoms with Gasteiger partial charge in [0.05, 0.1) is 0 Å². The minimum atomic E-state index is 0.0972. The van der Waals surface area contributed by atoms with Gasteiger partial charge in [-0.2, -0.15) is 10.5 Å². The third-order valence-electron chi connectivity index (χ3n) is 1.08. The van der Waals surface area contributed by atoms with Crippen LogP contribution in [0.2, 0.25) is 0 Å². The number of hydrogen-bond donors (Lipinski definition) is 0. The maximum atomic E-state index is 8.40. The van der Waals surface area contributed by atoms with Crippen molar-refractivity contribution in [2.75, 3.05) is 0 Å². The Hall–Kier alpha value is -1.74. The van der Waals surface area contributed by atoms with Crippen molar-refractivity contribution >= 4 is 0 Å². The van der Waals surface area contributed by atoms with E-state index in [2.05, 4.69) is 0 Å². The Morgan fingerprint density at radius 3 is 2.50 bits per heavy atom. The summed E-state index contributed by atoms with van der Waals surface area (Å²) in [5.74, 6) is 0.688. The minimum absolute atomic E-state index is 0.0972. The van der Waals surface area contributed by atoms with Crippen LogP contribution in [0.5, 0.6) is 0 Å². The molecule has 10 heavy (non-hydrogen) atoms. The first kappa shape index (κ1) is 6.38. The van der Waals surface area contributed by atoms with Crippen molar-refractivity contribution in [1.29, 1.82) is 10.5 Å². The number of furan rings is 1. The minimum Gasteiger partial charge on any atom is -0.449 e. The molecule has 0 saturated carbocycles. The van der Waals surface area contributed by atoms with Crippen LogP contribution in [0.3, 0.4) is 0 Å². The van der Waals surface area contributed by atoms with Crippen LogP contribution in [0.15, 0.2) is 10.5 Å². The molecule has 0 aliphatic carbocycles. The van der Waals surface area contributed by atoms with Gasteiger partial charge in [0.25, 0.3) is 0 Å². The SMILES string of the molecule is Cc1cc(C#N)c(C#N)o1. The summed E-state index contributed by atoms with van der Waals surface area (Å²) in [4.78, 5) is 0. The Labute approximate surface area is 58.1 Å². The molecule has 0 saturated heterocycles. The van der Waals surface area contributed by atoms with Gasteiger partial charge in [0.1, 0.15) is 23.5 Å². The Kier molecular flexibility index (Phi) is 1.43. The van der Waals surface area contributed by atoms with Gasteiger partial charge in [-0.05, 0) is 13.0 Å². The van der Waals surface area contributed by atoms with E-state index in [-0.39, 0.29) is 5.76 Å². The predicted molar refractivity (Wildman–Crippen MR) is 32.9 cm³/mol. The van der Waals surface area contributed by atoms with Crippen molar-refractivity contribution in [2.45, 2.75) is 6.92 Å². The van der Waals surface area contributed by atoms with E-state index in [1.54, 1.807) is 19.1 Å². The van der Waals surface area contributed by atoms with Gasteiger partial charge in [-0.15, -0.1) is 0 Å². The second kappa shape index (κ2) is 2.24. The molecule has 0 N–H and O–H groups in total.